The first kappa shape index (κ1) is 22.9. The van der Waals surface area contributed by atoms with Crippen molar-refractivity contribution in [2.45, 2.75) is 58.3 Å². The highest BCUT2D eigenvalue weighted by molar-refractivity contribution is 5.88. The van der Waals surface area contributed by atoms with Crippen LogP contribution in [-0.2, 0) is 23.9 Å². The summed E-state index contributed by atoms with van der Waals surface area (Å²) in [5.41, 5.74) is 0.537. The van der Waals surface area contributed by atoms with E-state index in [1.807, 2.05) is 6.08 Å². The third kappa shape index (κ3) is 14.0. The third-order valence-corrected chi connectivity index (χ3v) is 3.63. The SMILES string of the molecule is COC(=O)CCCCCCC/C=C/C/C(=C/CNC(C)=O)C(=O)OC. The minimum Gasteiger partial charge on any atom is -0.469 e. The van der Waals surface area contributed by atoms with Crippen LogP contribution < -0.4 is 5.32 Å². The molecule has 6 nitrogen and oxygen atoms in total. The molecule has 25 heavy (non-hydrogen) atoms. The van der Waals surface area contributed by atoms with E-state index in [1.165, 1.54) is 21.1 Å². The summed E-state index contributed by atoms with van der Waals surface area (Å²) in [5, 5.41) is 2.62. The van der Waals surface area contributed by atoms with E-state index in [4.69, 9.17) is 4.74 Å². The number of unbranched alkanes of at least 4 members (excludes halogenated alkanes) is 5. The summed E-state index contributed by atoms with van der Waals surface area (Å²) in [5.74, 6) is -0.654. The molecule has 0 aromatic rings. The molecule has 0 aliphatic rings. The van der Waals surface area contributed by atoms with Gasteiger partial charge in [0.2, 0.25) is 5.91 Å². The molecule has 0 aromatic heterocycles. The van der Waals surface area contributed by atoms with Crippen molar-refractivity contribution in [3.8, 4) is 0 Å². The Labute approximate surface area is 150 Å². The summed E-state index contributed by atoms with van der Waals surface area (Å²) in [4.78, 5) is 33.5. The molecular formula is C19H31NO5. The van der Waals surface area contributed by atoms with E-state index >= 15 is 0 Å². The molecule has 142 valence electrons. The molecule has 0 rings (SSSR count). The van der Waals surface area contributed by atoms with Gasteiger partial charge in [0.15, 0.2) is 0 Å². The molecule has 0 aromatic carbocycles. The van der Waals surface area contributed by atoms with Crippen LogP contribution >= 0.6 is 0 Å². The van der Waals surface area contributed by atoms with E-state index in [0.717, 1.165) is 38.5 Å². The monoisotopic (exact) mass is 353 g/mol. The van der Waals surface area contributed by atoms with Crippen molar-refractivity contribution >= 4 is 17.8 Å². The maximum atomic E-state index is 11.7. The fourth-order valence-electron chi connectivity index (χ4n) is 2.19. The fraction of sp³-hybridized carbons (Fsp3) is 0.632. The van der Waals surface area contributed by atoms with Gasteiger partial charge in [-0.05, 0) is 25.7 Å². The van der Waals surface area contributed by atoms with Gasteiger partial charge in [0.05, 0.1) is 14.2 Å². The zero-order chi connectivity index (χ0) is 18.9. The summed E-state index contributed by atoms with van der Waals surface area (Å²) < 4.78 is 9.34. The minimum absolute atomic E-state index is 0.136. The Hall–Kier alpha value is -2.11. The zero-order valence-corrected chi connectivity index (χ0v) is 15.6. The van der Waals surface area contributed by atoms with Crippen LogP contribution in [-0.4, -0.2) is 38.6 Å². The second kappa shape index (κ2) is 15.4. The van der Waals surface area contributed by atoms with E-state index < -0.39 is 0 Å². The third-order valence-electron chi connectivity index (χ3n) is 3.63. The van der Waals surface area contributed by atoms with E-state index in [-0.39, 0.29) is 17.8 Å². The van der Waals surface area contributed by atoms with Crippen molar-refractivity contribution in [1.29, 1.82) is 0 Å². The summed E-state index contributed by atoms with van der Waals surface area (Å²) in [7, 11) is 2.76. The minimum atomic E-state index is -0.374. The van der Waals surface area contributed by atoms with Crippen molar-refractivity contribution in [2.24, 2.45) is 0 Å². The molecule has 0 aliphatic carbocycles. The standard InChI is InChI=1S/C19H31NO5/c1-16(21)20-15-14-17(19(23)25-3)12-10-8-6-4-5-7-9-11-13-18(22)24-2/h8,10,14H,4-7,9,11-13,15H2,1-3H3,(H,20,21)/b10-8+,17-14-. The summed E-state index contributed by atoms with van der Waals surface area (Å²) in [6, 6.07) is 0. The van der Waals surface area contributed by atoms with Gasteiger partial charge in [-0.25, -0.2) is 4.79 Å². The Kier molecular flexibility index (Phi) is 14.1. The lowest BCUT2D eigenvalue weighted by molar-refractivity contribution is -0.140. The Morgan fingerprint density at radius 3 is 2.24 bits per heavy atom. The van der Waals surface area contributed by atoms with E-state index in [9.17, 15) is 14.4 Å². The Bertz CT molecular complexity index is 468. The molecule has 0 unspecified atom stereocenters. The van der Waals surface area contributed by atoms with Gasteiger partial charge in [-0.3, -0.25) is 9.59 Å². The van der Waals surface area contributed by atoms with Crippen LogP contribution in [0.4, 0.5) is 0 Å². The number of methoxy groups -OCH3 is 2. The van der Waals surface area contributed by atoms with Gasteiger partial charge >= 0.3 is 11.9 Å². The lowest BCUT2D eigenvalue weighted by atomic mass is 10.1. The van der Waals surface area contributed by atoms with Gasteiger partial charge in [-0.1, -0.05) is 37.5 Å². The number of hydrogen-bond donors (Lipinski definition) is 1. The molecule has 0 fully saturated rings. The molecule has 0 radical (unpaired) electrons. The average Bonchev–Trinajstić information content (AvgIpc) is 2.60. The molecule has 0 saturated heterocycles. The second-order valence-corrected chi connectivity index (χ2v) is 5.72. The second-order valence-electron chi connectivity index (χ2n) is 5.72. The molecule has 0 heterocycles. The highest BCUT2D eigenvalue weighted by Crippen LogP contribution is 2.09. The van der Waals surface area contributed by atoms with E-state index in [2.05, 4.69) is 16.1 Å². The topological polar surface area (TPSA) is 81.7 Å². The number of hydrogen-bond acceptors (Lipinski definition) is 5. The Morgan fingerprint density at radius 1 is 0.920 bits per heavy atom. The highest BCUT2D eigenvalue weighted by atomic mass is 16.5. The number of carbonyl (C=O) groups excluding carboxylic acids is 3. The number of nitrogens with one attached hydrogen (secondary N) is 1. The first-order valence-corrected chi connectivity index (χ1v) is 8.74. The van der Waals surface area contributed by atoms with Gasteiger partial charge in [0, 0.05) is 25.5 Å². The van der Waals surface area contributed by atoms with Gasteiger partial charge in [-0.15, -0.1) is 0 Å². The van der Waals surface area contributed by atoms with Crippen LogP contribution in [0.2, 0.25) is 0 Å². The number of allylic oxidation sites excluding steroid dienone is 2. The zero-order valence-electron chi connectivity index (χ0n) is 15.6. The van der Waals surface area contributed by atoms with Crippen LogP contribution in [0.5, 0.6) is 0 Å². The molecule has 1 N–H and O–H groups in total. The van der Waals surface area contributed by atoms with Crippen molar-refractivity contribution in [3.05, 3.63) is 23.8 Å². The largest absolute Gasteiger partial charge is 0.469 e. The number of amides is 1. The van der Waals surface area contributed by atoms with Crippen LogP contribution in [0.1, 0.15) is 58.3 Å². The van der Waals surface area contributed by atoms with E-state index in [1.54, 1.807) is 6.08 Å². The predicted octanol–water partition coefficient (Wildman–Crippen LogP) is 3.07. The number of rotatable bonds is 13. The van der Waals surface area contributed by atoms with Crippen LogP contribution in [0.15, 0.2) is 23.8 Å². The molecule has 0 atom stereocenters. The summed E-state index contributed by atoms with van der Waals surface area (Å²) in [6.45, 7) is 1.75. The fourth-order valence-corrected chi connectivity index (χ4v) is 2.19. The van der Waals surface area contributed by atoms with Gasteiger partial charge in [0.1, 0.15) is 0 Å². The lowest BCUT2D eigenvalue weighted by Gasteiger charge is -2.03. The van der Waals surface area contributed by atoms with Crippen molar-refractivity contribution in [3.63, 3.8) is 0 Å². The van der Waals surface area contributed by atoms with E-state index in [0.29, 0.717) is 25.0 Å². The van der Waals surface area contributed by atoms with Crippen LogP contribution in [0, 0.1) is 0 Å². The smallest absolute Gasteiger partial charge is 0.333 e. The molecule has 0 saturated carbocycles. The number of esters is 2. The maximum absolute atomic E-state index is 11.7. The normalized spacial score (nSPS) is 11.4. The maximum Gasteiger partial charge on any atom is 0.333 e. The Morgan fingerprint density at radius 2 is 1.60 bits per heavy atom. The summed E-state index contributed by atoms with van der Waals surface area (Å²) >= 11 is 0. The average molecular weight is 353 g/mol. The number of carbonyl (C=O) groups is 3. The molecule has 1 amide bonds. The van der Waals surface area contributed by atoms with Crippen LogP contribution in [0.3, 0.4) is 0 Å². The highest BCUT2D eigenvalue weighted by Gasteiger charge is 2.07. The number of ether oxygens (including phenoxy) is 2. The molecule has 0 spiro atoms. The first-order valence-electron chi connectivity index (χ1n) is 8.74. The first-order chi connectivity index (χ1) is 12.0. The van der Waals surface area contributed by atoms with Crippen molar-refractivity contribution < 1.29 is 23.9 Å². The van der Waals surface area contributed by atoms with Crippen molar-refractivity contribution in [1.82, 2.24) is 5.32 Å². The Balaban J connectivity index is 3.89. The molecule has 6 heteroatoms. The lowest BCUT2D eigenvalue weighted by Crippen LogP contribution is -2.20. The van der Waals surface area contributed by atoms with Gasteiger partial charge < -0.3 is 14.8 Å². The van der Waals surface area contributed by atoms with Gasteiger partial charge in [0.25, 0.3) is 0 Å². The molecular weight excluding hydrogens is 322 g/mol. The quantitative estimate of drug-likeness (QED) is 0.238. The van der Waals surface area contributed by atoms with Crippen molar-refractivity contribution in [2.75, 3.05) is 20.8 Å². The summed E-state index contributed by atoms with van der Waals surface area (Å²) in [6.07, 6.45) is 12.9. The predicted molar refractivity (Wildman–Crippen MR) is 96.9 cm³/mol. The van der Waals surface area contributed by atoms with Crippen LogP contribution in [0.25, 0.3) is 0 Å². The van der Waals surface area contributed by atoms with Gasteiger partial charge in [-0.2, -0.15) is 0 Å². The molecule has 0 aliphatic heterocycles. The molecule has 0 bridgehead atoms.